The Kier molecular flexibility index (Phi) is 3.55. The van der Waals surface area contributed by atoms with Crippen molar-refractivity contribution in [2.24, 2.45) is 5.73 Å². The predicted molar refractivity (Wildman–Crippen MR) is 46.5 cm³/mol. The van der Waals surface area contributed by atoms with Gasteiger partial charge in [0.2, 0.25) is 0 Å². The minimum absolute atomic E-state index is 0.831. The lowest BCUT2D eigenvalue weighted by Crippen LogP contribution is -1.96. The number of rotatable bonds is 3. The van der Waals surface area contributed by atoms with Gasteiger partial charge in [-0.15, -0.1) is 0 Å². The van der Waals surface area contributed by atoms with E-state index < -0.39 is 0 Å². The molecule has 0 heterocycles. The molecule has 0 saturated heterocycles. The topological polar surface area (TPSA) is 26.0 Å². The Morgan fingerprint density at radius 3 is 2.10 bits per heavy atom. The maximum atomic E-state index is 5.56. The summed E-state index contributed by atoms with van der Waals surface area (Å²) < 4.78 is 0. The molecule has 0 rings (SSSR count). The summed E-state index contributed by atoms with van der Waals surface area (Å²) in [6.45, 7) is 11.3. The first-order valence-electron chi connectivity index (χ1n) is 3.30. The van der Waals surface area contributed by atoms with Gasteiger partial charge in [0.15, 0.2) is 0 Å². The van der Waals surface area contributed by atoms with Gasteiger partial charge in [-0.05, 0) is 25.8 Å². The van der Waals surface area contributed by atoms with E-state index in [-0.39, 0.29) is 0 Å². The molecule has 0 unspecified atom stereocenters. The van der Waals surface area contributed by atoms with Crippen molar-refractivity contribution in [1.29, 1.82) is 0 Å². The second-order valence-corrected chi connectivity index (χ2v) is 2.55. The maximum absolute atomic E-state index is 5.56. The fraction of sp³-hybridized carbons (Fsp3) is 0.333. The fourth-order valence-electron chi connectivity index (χ4n) is 0.698. The molecule has 10 heavy (non-hydrogen) atoms. The molecule has 1 heteroatoms. The molecule has 0 aromatic carbocycles. The van der Waals surface area contributed by atoms with Crippen molar-refractivity contribution in [2.75, 3.05) is 0 Å². The summed E-state index contributed by atoms with van der Waals surface area (Å²) in [6, 6.07) is 0. The first kappa shape index (κ1) is 9.02. The largest absolute Gasteiger partial charge is 0.402 e. The minimum Gasteiger partial charge on any atom is -0.402 e. The number of hydrogen-bond donors (Lipinski definition) is 1. The number of hydrogen-bond acceptors (Lipinski definition) is 1. The summed E-state index contributed by atoms with van der Waals surface area (Å²) >= 11 is 0. The zero-order chi connectivity index (χ0) is 8.15. The molecule has 2 N–H and O–H groups in total. The summed E-state index contributed by atoms with van der Waals surface area (Å²) in [4.78, 5) is 0. The third-order valence-corrected chi connectivity index (χ3v) is 1.25. The van der Waals surface area contributed by atoms with Crippen molar-refractivity contribution in [3.63, 3.8) is 0 Å². The normalized spacial score (nSPS) is 12.2. The van der Waals surface area contributed by atoms with Crippen molar-refractivity contribution >= 4 is 0 Å². The highest BCUT2D eigenvalue weighted by Gasteiger charge is 1.94. The lowest BCUT2D eigenvalue weighted by atomic mass is 10.1. The lowest BCUT2D eigenvalue weighted by Gasteiger charge is -2.02. The highest BCUT2D eigenvalue weighted by atomic mass is 14.6. The smallest absolute Gasteiger partial charge is 0.00844 e. The van der Waals surface area contributed by atoms with Gasteiger partial charge < -0.3 is 5.73 Å². The highest BCUT2D eigenvalue weighted by molar-refractivity contribution is 5.25. The molecule has 1 nitrogen and oxygen atoms in total. The zero-order valence-corrected chi connectivity index (χ0v) is 6.78. The van der Waals surface area contributed by atoms with Gasteiger partial charge >= 0.3 is 0 Å². The summed E-state index contributed by atoms with van der Waals surface area (Å²) in [5.41, 5.74) is 8.58. The number of nitrogens with two attached hydrogens (primary N) is 1. The second-order valence-electron chi connectivity index (χ2n) is 2.55. The first-order chi connectivity index (χ1) is 4.57. The van der Waals surface area contributed by atoms with Crippen molar-refractivity contribution < 1.29 is 0 Å². The van der Waals surface area contributed by atoms with E-state index in [0.717, 1.165) is 23.3 Å². The molecular weight excluding hydrogens is 122 g/mol. The van der Waals surface area contributed by atoms with Gasteiger partial charge in [-0.2, -0.15) is 0 Å². The maximum Gasteiger partial charge on any atom is 0.00844 e. The third-order valence-electron chi connectivity index (χ3n) is 1.25. The van der Waals surface area contributed by atoms with Gasteiger partial charge in [0.25, 0.3) is 0 Å². The Hall–Kier alpha value is -0.980. The minimum atomic E-state index is 0.831. The van der Waals surface area contributed by atoms with E-state index in [2.05, 4.69) is 13.2 Å². The van der Waals surface area contributed by atoms with Crippen LogP contribution in [0.25, 0.3) is 0 Å². The SMILES string of the molecule is C=C/C(CC(=C)C)=C(/C)N. The van der Waals surface area contributed by atoms with Crippen LogP contribution in [-0.2, 0) is 0 Å². The molecule has 0 atom stereocenters. The Morgan fingerprint density at radius 1 is 1.50 bits per heavy atom. The Labute approximate surface area is 62.9 Å². The van der Waals surface area contributed by atoms with Gasteiger partial charge in [-0.25, -0.2) is 0 Å². The van der Waals surface area contributed by atoms with E-state index in [1.807, 2.05) is 13.8 Å². The van der Waals surface area contributed by atoms with Crippen molar-refractivity contribution in [2.45, 2.75) is 20.3 Å². The van der Waals surface area contributed by atoms with Crippen LogP contribution >= 0.6 is 0 Å². The van der Waals surface area contributed by atoms with Crippen LogP contribution in [0.5, 0.6) is 0 Å². The van der Waals surface area contributed by atoms with E-state index >= 15 is 0 Å². The van der Waals surface area contributed by atoms with E-state index in [9.17, 15) is 0 Å². The standard InChI is InChI=1S/C9H15N/c1-5-9(8(4)10)6-7(2)3/h5H,1-2,6,10H2,3-4H3/b9-8+. The van der Waals surface area contributed by atoms with Crippen LogP contribution in [0.3, 0.4) is 0 Å². The molecule has 0 aliphatic heterocycles. The first-order valence-corrected chi connectivity index (χ1v) is 3.30. The van der Waals surface area contributed by atoms with Crippen molar-refractivity contribution in [3.05, 3.63) is 36.1 Å². The molecule has 0 spiro atoms. The zero-order valence-electron chi connectivity index (χ0n) is 6.78. The molecule has 0 amide bonds. The van der Waals surface area contributed by atoms with Gasteiger partial charge in [-0.3, -0.25) is 0 Å². The van der Waals surface area contributed by atoms with Crippen LogP contribution < -0.4 is 5.73 Å². The van der Waals surface area contributed by atoms with Gasteiger partial charge in [-0.1, -0.05) is 24.8 Å². The van der Waals surface area contributed by atoms with Gasteiger partial charge in [0, 0.05) is 5.70 Å². The summed E-state index contributed by atoms with van der Waals surface area (Å²) in [7, 11) is 0. The molecule has 0 aromatic heterocycles. The number of allylic oxidation sites excluding steroid dienone is 4. The van der Waals surface area contributed by atoms with E-state index in [1.165, 1.54) is 0 Å². The Bertz CT molecular complexity index is 171. The molecule has 0 bridgehead atoms. The molecule has 0 saturated carbocycles. The van der Waals surface area contributed by atoms with E-state index in [0.29, 0.717) is 0 Å². The van der Waals surface area contributed by atoms with Crippen LogP contribution in [0.4, 0.5) is 0 Å². The summed E-state index contributed by atoms with van der Waals surface area (Å²) in [5.74, 6) is 0. The van der Waals surface area contributed by atoms with Crippen LogP contribution in [0.1, 0.15) is 20.3 Å². The predicted octanol–water partition coefficient (Wildman–Crippen LogP) is 2.37. The van der Waals surface area contributed by atoms with Gasteiger partial charge in [0.05, 0.1) is 0 Å². The highest BCUT2D eigenvalue weighted by Crippen LogP contribution is 2.11. The van der Waals surface area contributed by atoms with E-state index in [1.54, 1.807) is 6.08 Å². The molecule has 0 aromatic rings. The third kappa shape index (κ3) is 3.13. The Balaban J connectivity index is 4.25. The fourth-order valence-corrected chi connectivity index (χ4v) is 0.698. The van der Waals surface area contributed by atoms with Crippen LogP contribution in [-0.4, -0.2) is 0 Å². The average Bonchev–Trinajstić information content (AvgIpc) is 1.81. The van der Waals surface area contributed by atoms with Crippen LogP contribution in [0, 0.1) is 0 Å². The van der Waals surface area contributed by atoms with Gasteiger partial charge in [0.1, 0.15) is 0 Å². The second kappa shape index (κ2) is 3.94. The summed E-state index contributed by atoms with van der Waals surface area (Å²) in [6.07, 6.45) is 2.62. The Morgan fingerprint density at radius 2 is 2.00 bits per heavy atom. The monoisotopic (exact) mass is 137 g/mol. The molecule has 0 radical (unpaired) electrons. The lowest BCUT2D eigenvalue weighted by molar-refractivity contribution is 1.10. The van der Waals surface area contributed by atoms with Crippen LogP contribution in [0.2, 0.25) is 0 Å². The quantitative estimate of drug-likeness (QED) is 0.469. The molecule has 0 aliphatic rings. The van der Waals surface area contributed by atoms with Crippen LogP contribution in [0.15, 0.2) is 36.1 Å². The molecule has 0 fully saturated rings. The average molecular weight is 137 g/mol. The van der Waals surface area contributed by atoms with E-state index in [4.69, 9.17) is 5.73 Å². The van der Waals surface area contributed by atoms with Crippen molar-refractivity contribution in [3.8, 4) is 0 Å². The van der Waals surface area contributed by atoms with Crippen molar-refractivity contribution in [1.82, 2.24) is 0 Å². The summed E-state index contributed by atoms with van der Waals surface area (Å²) in [5, 5.41) is 0. The molecular formula is C9H15N. The molecule has 56 valence electrons. The molecule has 0 aliphatic carbocycles.